The third kappa shape index (κ3) is 1.48. The molecule has 0 N–H and O–H groups in total. The van der Waals surface area contributed by atoms with E-state index in [4.69, 9.17) is 0 Å². The van der Waals surface area contributed by atoms with Crippen LogP contribution in [0.1, 0.15) is 12.8 Å². The summed E-state index contributed by atoms with van der Waals surface area (Å²) >= 11 is 3.52. The van der Waals surface area contributed by atoms with Gasteiger partial charge in [-0.05, 0) is 42.3 Å². The molecule has 3 rings (SSSR count). The number of hydrogen-bond acceptors (Lipinski definition) is 0. The van der Waals surface area contributed by atoms with Crippen molar-refractivity contribution in [3.8, 4) is 0 Å². The van der Waals surface area contributed by atoms with Crippen molar-refractivity contribution in [3.05, 3.63) is 34.9 Å². The minimum absolute atomic E-state index is 0.935. The van der Waals surface area contributed by atoms with Crippen LogP contribution in [0.2, 0.25) is 0 Å². The van der Waals surface area contributed by atoms with E-state index < -0.39 is 0 Å². The van der Waals surface area contributed by atoms with E-state index in [1.165, 1.54) is 34.8 Å². The first-order valence-electron chi connectivity index (χ1n) is 5.07. The van der Waals surface area contributed by atoms with Gasteiger partial charge >= 0.3 is 0 Å². The predicted octanol–water partition coefficient (Wildman–Crippen LogP) is 3.81. The third-order valence-corrected chi connectivity index (χ3v) is 3.38. The van der Waals surface area contributed by atoms with Gasteiger partial charge < -0.3 is 4.57 Å². The Kier molecular flexibility index (Phi) is 1.91. The zero-order valence-corrected chi connectivity index (χ0v) is 9.50. The Labute approximate surface area is 91.9 Å². The van der Waals surface area contributed by atoms with Gasteiger partial charge in [-0.25, -0.2) is 0 Å². The van der Waals surface area contributed by atoms with Gasteiger partial charge in [-0.1, -0.05) is 22.0 Å². The quantitative estimate of drug-likeness (QED) is 0.763. The van der Waals surface area contributed by atoms with Crippen molar-refractivity contribution in [1.82, 2.24) is 4.57 Å². The molecular weight excluding hydrogens is 238 g/mol. The molecule has 1 aliphatic rings. The van der Waals surface area contributed by atoms with Crippen LogP contribution in [0, 0.1) is 5.92 Å². The van der Waals surface area contributed by atoms with Crippen LogP contribution in [-0.2, 0) is 6.54 Å². The number of fused-ring (bicyclic) bond motifs is 1. The fraction of sp³-hybridized carbons (Fsp3) is 0.333. The van der Waals surface area contributed by atoms with Crippen LogP contribution in [0.5, 0.6) is 0 Å². The Morgan fingerprint density at radius 3 is 2.93 bits per heavy atom. The van der Waals surface area contributed by atoms with Gasteiger partial charge in [0.15, 0.2) is 0 Å². The van der Waals surface area contributed by atoms with E-state index in [-0.39, 0.29) is 0 Å². The van der Waals surface area contributed by atoms with Crippen molar-refractivity contribution in [2.75, 3.05) is 0 Å². The van der Waals surface area contributed by atoms with Crippen LogP contribution < -0.4 is 0 Å². The van der Waals surface area contributed by atoms with Gasteiger partial charge in [0.05, 0.1) is 0 Å². The topological polar surface area (TPSA) is 4.93 Å². The first-order chi connectivity index (χ1) is 6.83. The summed E-state index contributed by atoms with van der Waals surface area (Å²) in [6, 6.07) is 8.68. The van der Waals surface area contributed by atoms with E-state index in [0.29, 0.717) is 0 Å². The van der Waals surface area contributed by atoms with Gasteiger partial charge in [0.2, 0.25) is 0 Å². The summed E-state index contributed by atoms with van der Waals surface area (Å²) in [6.07, 6.45) is 5.02. The van der Waals surface area contributed by atoms with Crippen molar-refractivity contribution in [3.63, 3.8) is 0 Å². The van der Waals surface area contributed by atoms with Crippen molar-refractivity contribution in [2.45, 2.75) is 19.4 Å². The molecule has 1 aliphatic carbocycles. The second-order valence-corrected chi connectivity index (χ2v) is 5.03. The normalized spacial score (nSPS) is 16.4. The van der Waals surface area contributed by atoms with E-state index >= 15 is 0 Å². The molecule has 1 saturated carbocycles. The highest BCUT2D eigenvalue weighted by atomic mass is 79.9. The van der Waals surface area contributed by atoms with Gasteiger partial charge in [-0.3, -0.25) is 0 Å². The van der Waals surface area contributed by atoms with Gasteiger partial charge in [0, 0.05) is 22.7 Å². The summed E-state index contributed by atoms with van der Waals surface area (Å²) in [6.45, 7) is 1.19. The summed E-state index contributed by atoms with van der Waals surface area (Å²) in [7, 11) is 0. The molecule has 0 spiro atoms. The first-order valence-corrected chi connectivity index (χ1v) is 5.86. The van der Waals surface area contributed by atoms with Gasteiger partial charge in [-0.2, -0.15) is 0 Å². The number of halogens is 1. The largest absolute Gasteiger partial charge is 0.347 e. The summed E-state index contributed by atoms with van der Waals surface area (Å²) in [4.78, 5) is 0. The standard InChI is InChI=1S/C12H12BrN/c13-11-4-3-10-5-6-14(12(10)7-11)8-9-1-2-9/h3-7,9H,1-2,8H2. The molecule has 2 aromatic rings. The fourth-order valence-electron chi connectivity index (χ4n) is 1.89. The summed E-state index contributed by atoms with van der Waals surface area (Å²) in [5, 5.41) is 1.34. The smallest absolute Gasteiger partial charge is 0.0491 e. The van der Waals surface area contributed by atoms with E-state index in [9.17, 15) is 0 Å². The maximum absolute atomic E-state index is 3.52. The van der Waals surface area contributed by atoms with Crippen LogP contribution in [0.15, 0.2) is 34.9 Å². The Morgan fingerprint density at radius 2 is 2.14 bits per heavy atom. The predicted molar refractivity (Wildman–Crippen MR) is 62.4 cm³/mol. The molecular formula is C12H12BrN. The molecule has 2 heteroatoms. The zero-order valence-electron chi connectivity index (χ0n) is 7.91. The second kappa shape index (κ2) is 3.13. The third-order valence-electron chi connectivity index (χ3n) is 2.89. The fourth-order valence-corrected chi connectivity index (χ4v) is 2.24. The van der Waals surface area contributed by atoms with Crippen molar-refractivity contribution in [2.24, 2.45) is 5.92 Å². The minimum atomic E-state index is 0.935. The molecule has 0 bridgehead atoms. The molecule has 1 heterocycles. The van der Waals surface area contributed by atoms with E-state index in [1.807, 2.05) is 0 Å². The van der Waals surface area contributed by atoms with Crippen LogP contribution in [0.4, 0.5) is 0 Å². The molecule has 1 aromatic heterocycles. The summed E-state index contributed by atoms with van der Waals surface area (Å²) in [5.41, 5.74) is 1.35. The maximum atomic E-state index is 3.52. The zero-order chi connectivity index (χ0) is 9.54. The highest BCUT2D eigenvalue weighted by molar-refractivity contribution is 9.10. The number of hydrogen-bond donors (Lipinski definition) is 0. The highest BCUT2D eigenvalue weighted by Crippen LogP contribution is 2.32. The average molecular weight is 250 g/mol. The average Bonchev–Trinajstić information content (AvgIpc) is 2.90. The molecule has 1 aromatic carbocycles. The van der Waals surface area contributed by atoms with E-state index in [1.54, 1.807) is 0 Å². The molecule has 0 saturated heterocycles. The summed E-state index contributed by atoms with van der Waals surface area (Å²) < 4.78 is 3.54. The van der Waals surface area contributed by atoms with Gasteiger partial charge in [-0.15, -0.1) is 0 Å². The lowest BCUT2D eigenvalue weighted by Gasteiger charge is -2.03. The molecule has 0 aliphatic heterocycles. The molecule has 0 radical (unpaired) electrons. The van der Waals surface area contributed by atoms with Gasteiger partial charge in [0.25, 0.3) is 0 Å². The lowest BCUT2D eigenvalue weighted by atomic mass is 10.2. The molecule has 14 heavy (non-hydrogen) atoms. The van der Waals surface area contributed by atoms with Crippen molar-refractivity contribution in [1.29, 1.82) is 0 Å². The highest BCUT2D eigenvalue weighted by Gasteiger charge is 2.21. The number of aromatic nitrogens is 1. The second-order valence-electron chi connectivity index (χ2n) is 4.11. The Balaban J connectivity index is 2.08. The molecule has 0 atom stereocenters. The van der Waals surface area contributed by atoms with E-state index in [0.717, 1.165) is 5.92 Å². The molecule has 1 fully saturated rings. The van der Waals surface area contributed by atoms with Gasteiger partial charge in [0.1, 0.15) is 0 Å². The SMILES string of the molecule is Brc1ccc2ccn(CC3CC3)c2c1. The minimum Gasteiger partial charge on any atom is -0.347 e. The number of rotatable bonds is 2. The monoisotopic (exact) mass is 249 g/mol. The van der Waals surface area contributed by atoms with E-state index in [2.05, 4.69) is 51.0 Å². The maximum Gasteiger partial charge on any atom is 0.0491 e. The Hall–Kier alpha value is -0.760. The van der Waals surface area contributed by atoms with Crippen LogP contribution >= 0.6 is 15.9 Å². The lowest BCUT2D eigenvalue weighted by molar-refractivity contribution is 0.647. The van der Waals surface area contributed by atoms with Crippen molar-refractivity contribution < 1.29 is 0 Å². The molecule has 0 amide bonds. The van der Waals surface area contributed by atoms with Crippen LogP contribution in [0.25, 0.3) is 10.9 Å². The Bertz CT molecular complexity index is 468. The molecule has 72 valence electrons. The lowest BCUT2D eigenvalue weighted by Crippen LogP contribution is -1.96. The van der Waals surface area contributed by atoms with Crippen molar-refractivity contribution >= 4 is 26.8 Å². The number of nitrogens with zero attached hydrogens (tertiary/aromatic N) is 1. The Morgan fingerprint density at radius 1 is 1.29 bits per heavy atom. The molecule has 0 unspecified atom stereocenters. The van der Waals surface area contributed by atoms with Crippen LogP contribution in [-0.4, -0.2) is 4.57 Å². The number of benzene rings is 1. The van der Waals surface area contributed by atoms with Crippen LogP contribution in [0.3, 0.4) is 0 Å². The summed E-state index contributed by atoms with van der Waals surface area (Å²) in [5.74, 6) is 0.935. The molecule has 1 nitrogen and oxygen atoms in total. The first kappa shape index (κ1) is 8.54.